The average molecular weight is 670 g/mol. The Balaban J connectivity index is 1.16. The van der Waals surface area contributed by atoms with Crippen LogP contribution in [0.1, 0.15) is 0 Å². The maximum Gasteiger partial charge on any atom is 0.238 e. The van der Waals surface area contributed by atoms with Crippen molar-refractivity contribution in [2.75, 3.05) is 0 Å². The summed E-state index contributed by atoms with van der Waals surface area (Å²) in [6.45, 7) is 0. The number of hydrogen-bond donors (Lipinski definition) is 0. The SMILES string of the molecule is c1cc(-c2nc(-c3ccc4c(c3)sc3ccccc34)nc(-n3c4ccccc4c4ccccc43)n2)cc(-n2c3ccccc3c3ccccc32)c1. The lowest BCUT2D eigenvalue weighted by Gasteiger charge is -2.12. The van der Waals surface area contributed by atoms with Gasteiger partial charge in [-0.25, -0.2) is 4.98 Å². The highest BCUT2D eigenvalue weighted by molar-refractivity contribution is 7.25. The first-order valence-corrected chi connectivity index (χ1v) is 17.9. The Morgan fingerprint density at radius 3 is 1.45 bits per heavy atom. The van der Waals surface area contributed by atoms with Gasteiger partial charge in [0.2, 0.25) is 5.95 Å². The van der Waals surface area contributed by atoms with Crippen LogP contribution in [-0.4, -0.2) is 24.1 Å². The van der Waals surface area contributed by atoms with Crippen molar-refractivity contribution in [2.24, 2.45) is 0 Å². The first-order chi connectivity index (χ1) is 25.3. The van der Waals surface area contributed by atoms with Crippen LogP contribution in [-0.2, 0) is 0 Å². The van der Waals surface area contributed by atoms with E-state index in [0.29, 0.717) is 17.6 Å². The molecule has 4 heterocycles. The summed E-state index contributed by atoms with van der Waals surface area (Å²) in [7, 11) is 0. The third-order valence-electron chi connectivity index (χ3n) is 9.98. The molecule has 7 aromatic carbocycles. The molecule has 0 aliphatic heterocycles. The number of hydrogen-bond acceptors (Lipinski definition) is 4. The minimum Gasteiger partial charge on any atom is -0.309 e. The molecule has 0 aliphatic carbocycles. The van der Waals surface area contributed by atoms with Crippen molar-refractivity contribution < 1.29 is 0 Å². The molecule has 0 saturated carbocycles. The maximum absolute atomic E-state index is 5.25. The summed E-state index contributed by atoms with van der Waals surface area (Å²) >= 11 is 1.80. The molecule has 0 saturated heterocycles. The van der Waals surface area contributed by atoms with E-state index in [9.17, 15) is 0 Å². The van der Waals surface area contributed by atoms with Crippen LogP contribution in [0.15, 0.2) is 164 Å². The van der Waals surface area contributed by atoms with Gasteiger partial charge in [0, 0.05) is 58.5 Å². The lowest BCUT2D eigenvalue weighted by Crippen LogP contribution is -2.06. The van der Waals surface area contributed by atoms with E-state index in [4.69, 9.17) is 15.0 Å². The Hall–Kier alpha value is -6.63. The van der Waals surface area contributed by atoms with E-state index in [1.807, 2.05) is 0 Å². The minimum absolute atomic E-state index is 0.589. The second kappa shape index (κ2) is 10.9. The third kappa shape index (κ3) is 4.30. The van der Waals surface area contributed by atoms with Gasteiger partial charge in [0.25, 0.3) is 0 Å². The lowest BCUT2D eigenvalue weighted by molar-refractivity contribution is 0.953. The average Bonchev–Trinajstić information content (AvgIpc) is 3.85. The van der Waals surface area contributed by atoms with Crippen molar-refractivity contribution in [3.05, 3.63) is 164 Å². The molecule has 0 atom stereocenters. The number of para-hydroxylation sites is 4. The maximum atomic E-state index is 5.25. The van der Waals surface area contributed by atoms with E-state index in [0.717, 1.165) is 49.7 Å². The van der Waals surface area contributed by atoms with Gasteiger partial charge in [-0.1, -0.05) is 115 Å². The molecule has 0 radical (unpaired) electrons. The third-order valence-corrected chi connectivity index (χ3v) is 11.1. The van der Waals surface area contributed by atoms with Gasteiger partial charge in [-0.3, -0.25) is 4.57 Å². The second-order valence-corrected chi connectivity index (χ2v) is 14.0. The molecule has 5 nitrogen and oxygen atoms in total. The number of benzene rings is 7. The zero-order valence-corrected chi connectivity index (χ0v) is 28.0. The number of aromatic nitrogens is 5. The fourth-order valence-corrected chi connectivity index (χ4v) is 8.86. The van der Waals surface area contributed by atoms with Gasteiger partial charge in [-0.15, -0.1) is 11.3 Å². The van der Waals surface area contributed by atoms with E-state index < -0.39 is 0 Å². The highest BCUT2D eigenvalue weighted by atomic mass is 32.1. The summed E-state index contributed by atoms with van der Waals surface area (Å²) in [5, 5.41) is 7.30. The summed E-state index contributed by atoms with van der Waals surface area (Å²) in [6, 6.07) is 57.8. The topological polar surface area (TPSA) is 48.5 Å². The van der Waals surface area contributed by atoms with Gasteiger partial charge in [0.15, 0.2) is 11.6 Å². The molecule has 0 aliphatic rings. The van der Waals surface area contributed by atoms with Gasteiger partial charge < -0.3 is 4.57 Å². The Kier molecular flexibility index (Phi) is 6.05. The normalized spacial score (nSPS) is 11.9. The monoisotopic (exact) mass is 669 g/mol. The van der Waals surface area contributed by atoms with E-state index in [2.05, 4.69) is 173 Å². The van der Waals surface area contributed by atoms with Crippen molar-refractivity contribution in [2.45, 2.75) is 0 Å². The number of fused-ring (bicyclic) bond motifs is 9. The summed E-state index contributed by atoms with van der Waals surface area (Å²) in [6.07, 6.45) is 0. The minimum atomic E-state index is 0.589. The lowest BCUT2D eigenvalue weighted by atomic mass is 10.1. The number of thiophene rings is 1. The van der Waals surface area contributed by atoms with Crippen LogP contribution in [0.4, 0.5) is 0 Å². The standard InChI is InChI=1S/C45H27N5S/c1-6-19-37-31(14-1)32-15-2-7-20-38(32)49(37)30-13-11-12-28(26-30)43-46-44(29-24-25-36-35-18-5-10-23-41(35)51-42(36)27-29)48-45(47-43)50-39-21-8-3-16-33(39)34-17-4-9-22-40(34)50/h1-27H. The molecule has 11 rings (SSSR count). The molecule has 0 bridgehead atoms. The molecule has 6 heteroatoms. The Bertz CT molecular complexity index is 3060. The summed E-state index contributed by atoms with van der Waals surface area (Å²) in [5.74, 6) is 1.85. The first-order valence-electron chi connectivity index (χ1n) is 17.0. The van der Waals surface area contributed by atoms with E-state index in [1.165, 1.54) is 30.9 Å². The van der Waals surface area contributed by atoms with Crippen LogP contribution in [0.3, 0.4) is 0 Å². The van der Waals surface area contributed by atoms with Crippen LogP contribution in [0.5, 0.6) is 0 Å². The molecule has 51 heavy (non-hydrogen) atoms. The van der Waals surface area contributed by atoms with Crippen LogP contribution >= 0.6 is 11.3 Å². The molecular formula is C45H27N5S. The predicted molar refractivity (Wildman–Crippen MR) is 212 cm³/mol. The quantitative estimate of drug-likeness (QED) is 0.187. The molecule has 4 aromatic heterocycles. The van der Waals surface area contributed by atoms with Crippen LogP contribution < -0.4 is 0 Å². The van der Waals surface area contributed by atoms with Crippen molar-refractivity contribution in [1.82, 2.24) is 24.1 Å². The molecule has 0 N–H and O–H groups in total. The van der Waals surface area contributed by atoms with Gasteiger partial charge in [-0.2, -0.15) is 9.97 Å². The second-order valence-electron chi connectivity index (χ2n) is 12.9. The van der Waals surface area contributed by atoms with E-state index >= 15 is 0 Å². The molecule has 0 unspecified atom stereocenters. The molecule has 0 spiro atoms. The van der Waals surface area contributed by atoms with Crippen molar-refractivity contribution in [1.29, 1.82) is 0 Å². The van der Waals surface area contributed by atoms with Gasteiger partial charge in [0.05, 0.1) is 22.1 Å². The van der Waals surface area contributed by atoms with Crippen LogP contribution in [0.25, 0.3) is 98.2 Å². The number of nitrogens with zero attached hydrogens (tertiary/aromatic N) is 5. The fourth-order valence-electron chi connectivity index (χ4n) is 7.71. The predicted octanol–water partition coefficient (Wildman–Crippen LogP) is 11.8. The highest BCUT2D eigenvalue weighted by Gasteiger charge is 2.19. The first kappa shape index (κ1) is 28.2. The summed E-state index contributed by atoms with van der Waals surface area (Å²) < 4.78 is 6.99. The van der Waals surface area contributed by atoms with E-state index in [1.54, 1.807) is 11.3 Å². The zero-order valence-electron chi connectivity index (χ0n) is 27.2. The molecule has 11 aromatic rings. The zero-order chi connectivity index (χ0) is 33.5. The molecule has 0 fully saturated rings. The Morgan fingerprint density at radius 2 is 0.843 bits per heavy atom. The van der Waals surface area contributed by atoms with Crippen molar-refractivity contribution >= 4 is 75.1 Å². The largest absolute Gasteiger partial charge is 0.309 e. The van der Waals surface area contributed by atoms with Gasteiger partial charge in [0.1, 0.15) is 0 Å². The van der Waals surface area contributed by atoms with E-state index in [-0.39, 0.29) is 0 Å². The van der Waals surface area contributed by atoms with Crippen LogP contribution in [0.2, 0.25) is 0 Å². The van der Waals surface area contributed by atoms with Crippen molar-refractivity contribution in [3.8, 4) is 34.4 Å². The van der Waals surface area contributed by atoms with Gasteiger partial charge >= 0.3 is 0 Å². The summed E-state index contributed by atoms with van der Waals surface area (Å²) in [4.78, 5) is 15.7. The highest BCUT2D eigenvalue weighted by Crippen LogP contribution is 2.38. The molecule has 238 valence electrons. The number of rotatable bonds is 4. The summed E-state index contributed by atoms with van der Waals surface area (Å²) in [5.41, 5.74) is 7.37. The smallest absolute Gasteiger partial charge is 0.238 e. The Morgan fingerprint density at radius 1 is 0.353 bits per heavy atom. The fraction of sp³-hybridized carbons (Fsp3) is 0. The van der Waals surface area contributed by atoms with Crippen molar-refractivity contribution in [3.63, 3.8) is 0 Å². The molecular weight excluding hydrogens is 643 g/mol. The Labute approximate surface area is 296 Å². The van der Waals surface area contributed by atoms with Crippen LogP contribution in [0, 0.1) is 0 Å². The molecule has 0 amide bonds. The van der Waals surface area contributed by atoms with Gasteiger partial charge in [-0.05, 0) is 48.5 Å².